The average Bonchev–Trinajstić information content (AvgIpc) is 3.34. The first-order valence-electron chi connectivity index (χ1n) is 12.8. The summed E-state index contributed by atoms with van der Waals surface area (Å²) < 4.78 is 48.7. The largest absolute Gasteiger partial charge is 0.445 e. The van der Waals surface area contributed by atoms with Crippen molar-refractivity contribution in [1.82, 2.24) is 10.2 Å². The predicted octanol–water partition coefficient (Wildman–Crippen LogP) is 4.95. The van der Waals surface area contributed by atoms with Crippen LogP contribution in [-0.4, -0.2) is 40.4 Å². The topological polar surface area (TPSA) is 149 Å². The van der Waals surface area contributed by atoms with Crippen LogP contribution < -0.4 is 15.8 Å². The maximum atomic E-state index is 14.8. The number of nitrogens with zero attached hydrogens (tertiary/aromatic N) is 2. The Balaban J connectivity index is 1.88. The molecule has 0 spiro atoms. The minimum Gasteiger partial charge on any atom is -0.445 e. The highest BCUT2D eigenvalue weighted by molar-refractivity contribution is 6.30. The van der Waals surface area contributed by atoms with E-state index < -0.39 is 75.8 Å². The van der Waals surface area contributed by atoms with Gasteiger partial charge in [0, 0.05) is 22.4 Å². The van der Waals surface area contributed by atoms with E-state index in [0.717, 1.165) is 12.1 Å². The molecule has 42 heavy (non-hydrogen) atoms. The SMILES string of the molecule is CC(=N)/C=C(/Oc1c(F)cc(C(=O)N[C@H](C)C(=O)N2C(c3cc(F)cc(Cl)c3)CCC2C(C)(C)C#N)cc1F)C(N)=O. The monoisotopic (exact) mass is 603 g/mol. The van der Waals surface area contributed by atoms with Crippen LogP contribution in [0.25, 0.3) is 0 Å². The number of rotatable bonds is 9. The molecule has 3 rings (SSSR count). The Hall–Kier alpha value is -4.37. The van der Waals surface area contributed by atoms with Crippen LogP contribution in [0.5, 0.6) is 5.75 Å². The summed E-state index contributed by atoms with van der Waals surface area (Å²) in [6, 6.07) is 4.93. The molecular weight excluding hydrogens is 575 g/mol. The summed E-state index contributed by atoms with van der Waals surface area (Å²) in [5.74, 6) is -7.76. The zero-order chi connectivity index (χ0) is 31.5. The summed E-state index contributed by atoms with van der Waals surface area (Å²) in [6.07, 6.45) is 1.70. The van der Waals surface area contributed by atoms with Gasteiger partial charge >= 0.3 is 0 Å². The summed E-state index contributed by atoms with van der Waals surface area (Å²) in [7, 11) is 0. The second kappa shape index (κ2) is 12.7. The molecule has 1 fully saturated rings. The number of ether oxygens (including phenoxy) is 1. The van der Waals surface area contributed by atoms with Gasteiger partial charge in [-0.25, -0.2) is 13.2 Å². The number of benzene rings is 2. The highest BCUT2D eigenvalue weighted by Crippen LogP contribution is 2.44. The minimum atomic E-state index is -1.34. The molecule has 0 aromatic heterocycles. The number of nitrogens with two attached hydrogens (primary N) is 1. The first-order valence-corrected chi connectivity index (χ1v) is 13.2. The van der Waals surface area contributed by atoms with Gasteiger partial charge in [0.1, 0.15) is 11.9 Å². The molecule has 222 valence electrons. The van der Waals surface area contributed by atoms with E-state index in [1.54, 1.807) is 13.8 Å². The number of halogens is 4. The maximum absolute atomic E-state index is 14.8. The van der Waals surface area contributed by atoms with Crippen molar-refractivity contribution < 1.29 is 32.3 Å². The molecule has 9 nitrogen and oxygen atoms in total. The number of hydrogen-bond acceptors (Lipinski definition) is 6. The van der Waals surface area contributed by atoms with E-state index in [2.05, 4.69) is 11.4 Å². The molecule has 0 saturated carbocycles. The second-order valence-electron chi connectivity index (χ2n) is 10.5. The van der Waals surface area contributed by atoms with E-state index in [4.69, 9.17) is 27.5 Å². The lowest BCUT2D eigenvalue weighted by atomic mass is 9.84. The summed E-state index contributed by atoms with van der Waals surface area (Å²) in [5, 5.41) is 19.7. The minimum absolute atomic E-state index is 0.129. The summed E-state index contributed by atoms with van der Waals surface area (Å²) in [5.41, 5.74) is 3.90. The van der Waals surface area contributed by atoms with Crippen molar-refractivity contribution in [2.45, 2.75) is 58.7 Å². The lowest BCUT2D eigenvalue weighted by Crippen LogP contribution is -2.52. The van der Waals surface area contributed by atoms with Crippen LogP contribution in [0.15, 0.2) is 42.2 Å². The molecule has 2 aromatic rings. The summed E-state index contributed by atoms with van der Waals surface area (Å²) in [6.45, 7) is 5.99. The van der Waals surface area contributed by atoms with E-state index in [9.17, 15) is 32.8 Å². The predicted molar refractivity (Wildman–Crippen MR) is 148 cm³/mol. The van der Waals surface area contributed by atoms with Crippen LogP contribution in [0.3, 0.4) is 0 Å². The fourth-order valence-corrected chi connectivity index (χ4v) is 5.04. The van der Waals surface area contributed by atoms with Gasteiger partial charge in [-0.15, -0.1) is 0 Å². The molecule has 4 N–H and O–H groups in total. The number of carbonyl (C=O) groups is 3. The molecule has 3 atom stereocenters. The molecule has 0 aliphatic carbocycles. The van der Waals surface area contributed by atoms with E-state index in [0.29, 0.717) is 30.5 Å². The van der Waals surface area contributed by atoms with Crippen LogP contribution in [0.4, 0.5) is 13.2 Å². The number of primary amides is 1. The van der Waals surface area contributed by atoms with Crippen LogP contribution >= 0.6 is 11.6 Å². The van der Waals surface area contributed by atoms with Crippen LogP contribution in [0.1, 0.15) is 62.5 Å². The van der Waals surface area contributed by atoms with E-state index >= 15 is 0 Å². The number of hydrogen-bond donors (Lipinski definition) is 3. The molecule has 3 amide bonds. The Morgan fingerprint density at radius 1 is 1.19 bits per heavy atom. The molecule has 1 aliphatic rings. The summed E-state index contributed by atoms with van der Waals surface area (Å²) >= 11 is 6.05. The van der Waals surface area contributed by atoms with E-state index in [1.807, 2.05) is 0 Å². The van der Waals surface area contributed by atoms with Gasteiger partial charge < -0.3 is 26.1 Å². The zero-order valence-corrected chi connectivity index (χ0v) is 24.0. The maximum Gasteiger partial charge on any atom is 0.284 e. The van der Waals surface area contributed by atoms with Crippen molar-refractivity contribution in [2.24, 2.45) is 11.1 Å². The standard InChI is InChI=1S/C29H29ClF3N5O4/c1-14(35)7-23(26(36)39)42-25-20(32)10-17(11-21(25)33)27(40)37-15(2)28(41)38-22(5-6-24(38)29(3,4)13-34)16-8-18(30)12-19(31)9-16/h7-12,15,22,24,35H,5-6H2,1-4H3,(H2,36,39)(H,37,40)/b23-7+,35-14?/t15-,22?,24?/m1/s1. The van der Waals surface area contributed by atoms with Gasteiger partial charge in [-0.2, -0.15) is 5.26 Å². The molecule has 0 bridgehead atoms. The molecule has 1 heterocycles. The smallest absolute Gasteiger partial charge is 0.284 e. The molecule has 1 aliphatic heterocycles. The van der Waals surface area contributed by atoms with Crippen molar-refractivity contribution in [3.05, 3.63) is 75.8 Å². The number of carbonyl (C=O) groups excluding carboxylic acids is 3. The first-order chi connectivity index (χ1) is 19.5. The third-order valence-electron chi connectivity index (χ3n) is 6.81. The highest BCUT2D eigenvalue weighted by Gasteiger charge is 2.46. The Labute approximate surface area is 245 Å². The normalized spacial score (nSPS) is 17.8. The van der Waals surface area contributed by atoms with Crippen LogP contribution in [-0.2, 0) is 9.59 Å². The van der Waals surface area contributed by atoms with Crippen molar-refractivity contribution in [3.63, 3.8) is 0 Å². The van der Waals surface area contributed by atoms with Crippen molar-refractivity contribution in [1.29, 1.82) is 10.7 Å². The second-order valence-corrected chi connectivity index (χ2v) is 10.9. The highest BCUT2D eigenvalue weighted by atomic mass is 35.5. The lowest BCUT2D eigenvalue weighted by molar-refractivity contribution is -0.137. The number of allylic oxidation sites excluding steroid dienone is 1. The number of amides is 3. The molecule has 2 aromatic carbocycles. The van der Waals surface area contributed by atoms with Gasteiger partial charge in [0.05, 0.1) is 23.6 Å². The van der Waals surface area contributed by atoms with Gasteiger partial charge in [0.2, 0.25) is 5.91 Å². The van der Waals surface area contributed by atoms with Crippen LogP contribution in [0.2, 0.25) is 5.02 Å². The van der Waals surface area contributed by atoms with Gasteiger partial charge in [-0.3, -0.25) is 14.4 Å². The third kappa shape index (κ3) is 7.09. The Morgan fingerprint density at radius 2 is 1.81 bits per heavy atom. The lowest BCUT2D eigenvalue weighted by Gasteiger charge is -2.38. The van der Waals surface area contributed by atoms with Crippen molar-refractivity contribution >= 4 is 35.0 Å². The van der Waals surface area contributed by atoms with Gasteiger partial charge in [-0.1, -0.05) is 11.6 Å². The fraction of sp³-hybridized carbons (Fsp3) is 0.345. The molecule has 0 radical (unpaired) electrons. The summed E-state index contributed by atoms with van der Waals surface area (Å²) in [4.78, 5) is 39.6. The Bertz CT molecular complexity index is 1480. The fourth-order valence-electron chi connectivity index (χ4n) is 4.81. The molecular formula is C29H29ClF3N5O4. The van der Waals surface area contributed by atoms with Crippen molar-refractivity contribution in [2.75, 3.05) is 0 Å². The number of nitrogens with one attached hydrogen (secondary N) is 2. The third-order valence-corrected chi connectivity index (χ3v) is 7.03. The number of nitriles is 1. The number of likely N-dealkylation sites (tertiary alicyclic amines) is 1. The van der Waals surface area contributed by atoms with Crippen LogP contribution in [0, 0.1) is 39.6 Å². The molecule has 13 heteroatoms. The van der Waals surface area contributed by atoms with Gasteiger partial charge in [-0.05, 0) is 76.4 Å². The first kappa shape index (κ1) is 32.1. The zero-order valence-electron chi connectivity index (χ0n) is 23.2. The Morgan fingerprint density at radius 3 is 2.33 bits per heavy atom. The Kier molecular flexibility index (Phi) is 9.68. The quantitative estimate of drug-likeness (QED) is 0.211. The van der Waals surface area contributed by atoms with Gasteiger partial charge in [0.25, 0.3) is 11.8 Å². The average molecular weight is 604 g/mol. The molecule has 1 saturated heterocycles. The van der Waals surface area contributed by atoms with Crippen molar-refractivity contribution in [3.8, 4) is 11.8 Å². The van der Waals surface area contributed by atoms with E-state index in [-0.39, 0.29) is 10.7 Å². The van der Waals surface area contributed by atoms with Gasteiger partial charge in [0.15, 0.2) is 23.1 Å². The van der Waals surface area contributed by atoms with E-state index in [1.165, 1.54) is 30.9 Å². The molecule has 2 unspecified atom stereocenters.